The van der Waals surface area contributed by atoms with E-state index in [1.165, 1.54) is 64.2 Å². The van der Waals surface area contributed by atoms with Crippen molar-refractivity contribution in [3.05, 3.63) is 12.2 Å². The molecule has 2 unspecified atom stereocenters. The minimum Gasteiger partial charge on any atom is -0.372 e. The summed E-state index contributed by atoms with van der Waals surface area (Å²) in [6, 6.07) is 0. The maximum absolute atomic E-state index is 11.3. The van der Waals surface area contributed by atoms with Gasteiger partial charge in [-0.05, 0) is 50.6 Å². The lowest BCUT2D eigenvalue weighted by molar-refractivity contribution is -0.122. The van der Waals surface area contributed by atoms with E-state index in [1.54, 1.807) is 0 Å². The number of aliphatic imine (C=N–C) groups is 1. The lowest BCUT2D eigenvalue weighted by Crippen LogP contribution is -2.58. The van der Waals surface area contributed by atoms with Gasteiger partial charge < -0.3 is 16.6 Å². The lowest BCUT2D eigenvalue weighted by atomic mass is 10.0. The molecule has 2 heterocycles. The van der Waals surface area contributed by atoms with Crippen LogP contribution in [0.1, 0.15) is 110 Å². The number of guanidine groups is 1. The summed E-state index contributed by atoms with van der Waals surface area (Å²) in [4.78, 5) is 8.88. The molecule has 192 valence electrons. The molecule has 2 atom stereocenters. The van der Waals surface area contributed by atoms with Crippen LogP contribution in [0.2, 0.25) is 0 Å². The van der Waals surface area contributed by atoms with Crippen LogP contribution in [0.3, 0.4) is 0 Å². The number of fused-ring (bicyclic) bond motifs is 1. The zero-order valence-electron chi connectivity index (χ0n) is 21.7. The molecule has 2 aliphatic rings. The van der Waals surface area contributed by atoms with Crippen molar-refractivity contribution < 1.29 is 5.11 Å². The van der Waals surface area contributed by atoms with Gasteiger partial charge in [0.2, 0.25) is 0 Å². The number of hydrogen-bond acceptors (Lipinski definition) is 4. The van der Waals surface area contributed by atoms with E-state index in [-0.39, 0.29) is 12.1 Å². The molecule has 0 aromatic rings. The van der Waals surface area contributed by atoms with Gasteiger partial charge in [0.1, 0.15) is 5.72 Å². The molecule has 1 saturated heterocycles. The van der Waals surface area contributed by atoms with E-state index in [2.05, 4.69) is 40.8 Å². The Hall–Kier alpha value is -1.11. The smallest absolute Gasteiger partial charge is 0.185 e. The average Bonchev–Trinajstić information content (AvgIpc) is 3.11. The second kappa shape index (κ2) is 15.7. The first kappa shape index (κ1) is 28.1. The molecule has 0 amide bonds. The average molecular weight is 464 g/mol. The van der Waals surface area contributed by atoms with Crippen molar-refractivity contribution in [3.63, 3.8) is 0 Å². The van der Waals surface area contributed by atoms with Gasteiger partial charge in [-0.2, -0.15) is 0 Å². The van der Waals surface area contributed by atoms with E-state index in [0.29, 0.717) is 6.54 Å². The summed E-state index contributed by atoms with van der Waals surface area (Å²) < 4.78 is 0. The Morgan fingerprint density at radius 1 is 0.939 bits per heavy atom. The van der Waals surface area contributed by atoms with Gasteiger partial charge in [0.15, 0.2) is 5.96 Å². The molecule has 0 aromatic heterocycles. The summed E-state index contributed by atoms with van der Waals surface area (Å²) in [6.45, 7) is 8.45. The zero-order chi connectivity index (χ0) is 23.9. The first-order valence-corrected chi connectivity index (χ1v) is 13.9. The minimum atomic E-state index is -0.752. The van der Waals surface area contributed by atoms with Crippen molar-refractivity contribution in [1.29, 1.82) is 0 Å². The summed E-state index contributed by atoms with van der Waals surface area (Å²) in [6.07, 6.45) is 23.4. The van der Waals surface area contributed by atoms with E-state index in [9.17, 15) is 5.11 Å². The van der Waals surface area contributed by atoms with E-state index in [1.807, 2.05) is 0 Å². The van der Waals surface area contributed by atoms with Crippen molar-refractivity contribution >= 4 is 5.96 Å². The third-order valence-electron chi connectivity index (χ3n) is 7.29. The highest BCUT2D eigenvalue weighted by Gasteiger charge is 2.43. The number of rotatable bonds is 18. The number of nitrogens with zero attached hydrogens (tertiary/aromatic N) is 3. The Morgan fingerprint density at radius 2 is 1.58 bits per heavy atom. The zero-order valence-corrected chi connectivity index (χ0v) is 21.7. The van der Waals surface area contributed by atoms with Crippen LogP contribution in [0, 0.1) is 5.92 Å². The fourth-order valence-electron chi connectivity index (χ4n) is 5.35. The van der Waals surface area contributed by atoms with Crippen molar-refractivity contribution in [2.75, 3.05) is 26.2 Å². The molecule has 5 N–H and O–H groups in total. The van der Waals surface area contributed by atoms with Gasteiger partial charge in [0, 0.05) is 19.6 Å². The SMILES string of the molecule is CC(C)CCCCCCCCCCCCC1(O)C=CC2N(CCCCN=C(N)N)CCCN21. The molecule has 1 fully saturated rings. The van der Waals surface area contributed by atoms with Crippen LogP contribution in [0.25, 0.3) is 0 Å². The molecule has 0 bridgehead atoms. The molecule has 2 rings (SSSR count). The number of nitrogens with two attached hydrogens (primary N) is 2. The third kappa shape index (κ3) is 10.8. The summed E-state index contributed by atoms with van der Waals surface area (Å²) >= 11 is 0. The molecule has 0 spiro atoms. The molecular weight excluding hydrogens is 410 g/mol. The monoisotopic (exact) mass is 463 g/mol. The van der Waals surface area contributed by atoms with Crippen LogP contribution in [0.15, 0.2) is 17.1 Å². The normalized spacial score (nSPS) is 23.3. The summed E-state index contributed by atoms with van der Waals surface area (Å²) in [5.41, 5.74) is 10.0. The minimum absolute atomic E-state index is 0.176. The van der Waals surface area contributed by atoms with Crippen LogP contribution in [0.5, 0.6) is 0 Å². The van der Waals surface area contributed by atoms with Crippen molar-refractivity contribution in [1.82, 2.24) is 9.80 Å². The fourth-order valence-corrected chi connectivity index (χ4v) is 5.35. The summed E-state index contributed by atoms with van der Waals surface area (Å²) in [5, 5.41) is 11.3. The molecule has 6 nitrogen and oxygen atoms in total. The molecule has 6 heteroatoms. The van der Waals surface area contributed by atoms with Gasteiger partial charge in [-0.1, -0.05) is 84.1 Å². The molecule has 2 aliphatic heterocycles. The molecular formula is C27H53N5O. The van der Waals surface area contributed by atoms with Crippen molar-refractivity contribution in [3.8, 4) is 0 Å². The Kier molecular flexibility index (Phi) is 13.4. The quantitative estimate of drug-likeness (QED) is 0.116. The highest BCUT2D eigenvalue weighted by molar-refractivity contribution is 5.75. The second-order valence-corrected chi connectivity index (χ2v) is 10.7. The van der Waals surface area contributed by atoms with E-state index >= 15 is 0 Å². The van der Waals surface area contributed by atoms with Crippen molar-refractivity contribution in [2.24, 2.45) is 22.4 Å². The van der Waals surface area contributed by atoms with Gasteiger partial charge in [0.05, 0.1) is 6.17 Å². The van der Waals surface area contributed by atoms with Gasteiger partial charge in [-0.15, -0.1) is 0 Å². The first-order chi connectivity index (χ1) is 15.9. The first-order valence-electron chi connectivity index (χ1n) is 13.9. The predicted molar refractivity (Wildman–Crippen MR) is 141 cm³/mol. The van der Waals surface area contributed by atoms with E-state index in [4.69, 9.17) is 11.5 Å². The van der Waals surface area contributed by atoms with Crippen LogP contribution < -0.4 is 11.5 Å². The van der Waals surface area contributed by atoms with Gasteiger partial charge in [0.25, 0.3) is 0 Å². The maximum Gasteiger partial charge on any atom is 0.185 e. The van der Waals surface area contributed by atoms with Crippen LogP contribution >= 0.6 is 0 Å². The predicted octanol–water partition coefficient (Wildman–Crippen LogP) is 4.97. The largest absolute Gasteiger partial charge is 0.372 e. The van der Waals surface area contributed by atoms with Gasteiger partial charge in [-0.3, -0.25) is 14.8 Å². The maximum atomic E-state index is 11.3. The van der Waals surface area contributed by atoms with Crippen LogP contribution in [-0.4, -0.2) is 58.9 Å². The fraction of sp³-hybridized carbons (Fsp3) is 0.889. The summed E-state index contributed by atoms with van der Waals surface area (Å²) in [7, 11) is 0. The van der Waals surface area contributed by atoms with Gasteiger partial charge in [-0.25, -0.2) is 0 Å². The van der Waals surface area contributed by atoms with Gasteiger partial charge >= 0.3 is 0 Å². The number of aliphatic hydroxyl groups is 1. The Bertz CT molecular complexity index is 575. The number of unbranched alkanes of at least 4 members (excludes halogenated alkanes) is 10. The molecule has 0 aliphatic carbocycles. The number of hydrogen-bond donors (Lipinski definition) is 3. The highest BCUT2D eigenvalue weighted by Crippen LogP contribution is 2.34. The second-order valence-electron chi connectivity index (χ2n) is 10.7. The topological polar surface area (TPSA) is 91.1 Å². The molecule has 0 aromatic carbocycles. The Morgan fingerprint density at radius 3 is 2.21 bits per heavy atom. The van der Waals surface area contributed by atoms with E-state index in [0.717, 1.165) is 57.7 Å². The van der Waals surface area contributed by atoms with Crippen LogP contribution in [0.4, 0.5) is 0 Å². The summed E-state index contributed by atoms with van der Waals surface area (Å²) in [5.74, 6) is 1.03. The van der Waals surface area contributed by atoms with Crippen LogP contribution in [-0.2, 0) is 0 Å². The molecule has 0 radical (unpaired) electrons. The molecule has 0 saturated carbocycles. The lowest BCUT2D eigenvalue weighted by Gasteiger charge is -2.45. The molecule has 33 heavy (non-hydrogen) atoms. The van der Waals surface area contributed by atoms with Crippen molar-refractivity contribution in [2.45, 2.75) is 122 Å². The Labute approximate surface area is 203 Å². The van der Waals surface area contributed by atoms with E-state index < -0.39 is 5.72 Å². The highest BCUT2D eigenvalue weighted by atomic mass is 16.3. The standard InChI is InChI=1S/C27H53N5O/c1-24(2)16-11-9-7-5-3-4-6-8-10-12-18-27(33)19-17-25-31(22-15-23-32(25)27)21-14-13-20-30-26(28)29/h17,19,24-25,33H,3-16,18,20-23H2,1-2H3,(H4,28,29,30). The third-order valence-corrected chi connectivity index (χ3v) is 7.29. The Balaban J connectivity index is 1.54.